The van der Waals surface area contributed by atoms with Gasteiger partial charge in [0.2, 0.25) is 11.8 Å². The number of amides is 2. The van der Waals surface area contributed by atoms with Gasteiger partial charge in [0.15, 0.2) is 0 Å². The molecule has 2 saturated heterocycles. The number of carbonyl (C=O) groups is 3. The quantitative estimate of drug-likeness (QED) is 0.717. The predicted molar refractivity (Wildman–Crippen MR) is 104 cm³/mol. The molecule has 6 nitrogen and oxygen atoms in total. The van der Waals surface area contributed by atoms with Crippen LogP contribution in [-0.4, -0.2) is 59.1 Å². The van der Waals surface area contributed by atoms with E-state index in [9.17, 15) is 18.8 Å². The Balaban J connectivity index is 1.75. The molecule has 2 aliphatic rings. The van der Waals surface area contributed by atoms with Gasteiger partial charge in [-0.25, -0.2) is 4.39 Å². The Bertz CT molecular complexity index is 759. The van der Waals surface area contributed by atoms with Gasteiger partial charge in [0.25, 0.3) is 0 Å². The maximum absolute atomic E-state index is 13.6. The molecule has 3 rings (SSSR count). The first-order valence-electron chi connectivity index (χ1n) is 9.53. The first-order valence-corrected chi connectivity index (χ1v) is 10.6. The molecular weight excluding hydrogens is 383 g/mol. The number of likely N-dealkylation sites (tertiary alicyclic amines) is 1. The van der Waals surface area contributed by atoms with Crippen LogP contribution >= 0.6 is 11.8 Å². The third kappa shape index (κ3) is 4.32. The van der Waals surface area contributed by atoms with Crippen LogP contribution < -0.4 is 0 Å². The lowest BCUT2D eigenvalue weighted by molar-refractivity contribution is -0.153. The number of esters is 1. The Morgan fingerprint density at radius 3 is 2.79 bits per heavy atom. The summed E-state index contributed by atoms with van der Waals surface area (Å²) in [4.78, 5) is 40.8. The lowest BCUT2D eigenvalue weighted by Crippen LogP contribution is -2.52. The molecule has 0 saturated carbocycles. The first-order chi connectivity index (χ1) is 13.4. The average molecular weight is 408 g/mol. The summed E-state index contributed by atoms with van der Waals surface area (Å²) in [6, 6.07) is 5.51. The molecule has 2 amide bonds. The van der Waals surface area contributed by atoms with Crippen molar-refractivity contribution in [1.82, 2.24) is 9.80 Å². The van der Waals surface area contributed by atoms with Crippen molar-refractivity contribution in [3.8, 4) is 0 Å². The molecule has 3 unspecified atom stereocenters. The van der Waals surface area contributed by atoms with E-state index in [0.717, 1.165) is 6.42 Å². The molecular formula is C20H25FN2O4S. The van der Waals surface area contributed by atoms with Gasteiger partial charge in [0.1, 0.15) is 17.2 Å². The van der Waals surface area contributed by atoms with E-state index < -0.39 is 11.4 Å². The van der Waals surface area contributed by atoms with E-state index in [-0.39, 0.29) is 29.5 Å². The number of nitrogens with zero attached hydrogens (tertiary/aromatic N) is 2. The van der Waals surface area contributed by atoms with Gasteiger partial charge in [-0.3, -0.25) is 14.4 Å². The van der Waals surface area contributed by atoms with Gasteiger partial charge in [-0.1, -0.05) is 12.1 Å². The predicted octanol–water partition coefficient (Wildman–Crippen LogP) is 2.59. The van der Waals surface area contributed by atoms with Crippen molar-refractivity contribution in [2.24, 2.45) is 5.92 Å². The van der Waals surface area contributed by atoms with E-state index in [1.807, 2.05) is 0 Å². The normalized spacial score (nSPS) is 24.9. The maximum atomic E-state index is 13.6. The number of rotatable bonds is 4. The first kappa shape index (κ1) is 20.6. The van der Waals surface area contributed by atoms with Crippen molar-refractivity contribution in [3.05, 3.63) is 35.6 Å². The summed E-state index contributed by atoms with van der Waals surface area (Å²) >= 11 is 1.46. The molecule has 152 valence electrons. The number of carbonyl (C=O) groups excluding carboxylic acids is 3. The molecule has 2 fully saturated rings. The van der Waals surface area contributed by atoms with Crippen molar-refractivity contribution >= 4 is 29.5 Å². The van der Waals surface area contributed by atoms with E-state index in [0.29, 0.717) is 37.4 Å². The summed E-state index contributed by atoms with van der Waals surface area (Å²) in [5, 5.41) is -0.396. The fourth-order valence-electron chi connectivity index (χ4n) is 3.84. The van der Waals surface area contributed by atoms with Crippen molar-refractivity contribution in [3.63, 3.8) is 0 Å². The van der Waals surface area contributed by atoms with Gasteiger partial charge in [0, 0.05) is 25.8 Å². The van der Waals surface area contributed by atoms with Crippen molar-refractivity contribution in [2.75, 3.05) is 25.4 Å². The summed E-state index contributed by atoms with van der Waals surface area (Å²) in [6.45, 7) is 4.38. The summed E-state index contributed by atoms with van der Waals surface area (Å²) in [6.07, 6.45) is 1.42. The topological polar surface area (TPSA) is 66.9 Å². The largest absolute Gasteiger partial charge is 0.466 e. The Labute approximate surface area is 168 Å². The van der Waals surface area contributed by atoms with Crippen LogP contribution in [0.1, 0.15) is 37.6 Å². The van der Waals surface area contributed by atoms with Gasteiger partial charge >= 0.3 is 5.97 Å². The van der Waals surface area contributed by atoms with Gasteiger partial charge in [0.05, 0.1) is 12.5 Å². The lowest BCUT2D eigenvalue weighted by Gasteiger charge is -2.36. The van der Waals surface area contributed by atoms with Crippen LogP contribution in [0.5, 0.6) is 0 Å². The molecule has 0 aromatic heterocycles. The van der Waals surface area contributed by atoms with Crippen molar-refractivity contribution in [1.29, 1.82) is 0 Å². The fourth-order valence-corrected chi connectivity index (χ4v) is 5.30. The second-order valence-electron chi connectivity index (χ2n) is 7.06. The van der Waals surface area contributed by atoms with E-state index in [1.54, 1.807) is 24.0 Å². The van der Waals surface area contributed by atoms with Crippen molar-refractivity contribution in [2.45, 2.75) is 38.1 Å². The van der Waals surface area contributed by atoms with E-state index in [4.69, 9.17) is 4.74 Å². The second kappa shape index (κ2) is 8.94. The average Bonchev–Trinajstić information content (AvgIpc) is 3.13. The molecule has 2 heterocycles. The molecule has 0 bridgehead atoms. The summed E-state index contributed by atoms with van der Waals surface area (Å²) in [5.74, 6) is -0.907. The van der Waals surface area contributed by atoms with Gasteiger partial charge in [-0.2, -0.15) is 0 Å². The highest BCUT2D eigenvalue weighted by Gasteiger charge is 2.43. The number of hydrogen-bond donors (Lipinski definition) is 0. The third-order valence-electron chi connectivity index (χ3n) is 5.14. The van der Waals surface area contributed by atoms with E-state index in [2.05, 4.69) is 0 Å². The number of thioether (sulfide) groups is 1. The Kier molecular flexibility index (Phi) is 6.59. The van der Waals surface area contributed by atoms with Crippen LogP contribution in [0.4, 0.5) is 4.39 Å². The minimum Gasteiger partial charge on any atom is -0.466 e. The zero-order valence-electron chi connectivity index (χ0n) is 16.1. The van der Waals surface area contributed by atoms with Crippen LogP contribution in [0.15, 0.2) is 24.3 Å². The van der Waals surface area contributed by atoms with Crippen LogP contribution in [0.25, 0.3) is 0 Å². The van der Waals surface area contributed by atoms with Crippen LogP contribution in [0, 0.1) is 11.7 Å². The summed E-state index contributed by atoms with van der Waals surface area (Å²) in [7, 11) is 0. The highest BCUT2D eigenvalue weighted by atomic mass is 32.2. The monoisotopic (exact) mass is 408 g/mol. The SMILES string of the molecule is CCOC(=O)C1CCCN(C(=O)C2CSC(c3cccc(F)c3)N2C(C)=O)C1. The van der Waals surface area contributed by atoms with Crippen LogP contribution in [0.2, 0.25) is 0 Å². The highest BCUT2D eigenvalue weighted by molar-refractivity contribution is 7.99. The minimum atomic E-state index is -0.614. The Morgan fingerprint density at radius 2 is 2.11 bits per heavy atom. The van der Waals surface area contributed by atoms with Crippen molar-refractivity contribution < 1.29 is 23.5 Å². The van der Waals surface area contributed by atoms with Gasteiger partial charge in [-0.05, 0) is 37.5 Å². The standard InChI is InChI=1S/C20H25FN2O4S/c1-3-27-20(26)15-7-5-9-22(11-15)18(25)17-12-28-19(23(17)13(2)24)14-6-4-8-16(21)10-14/h4,6,8,10,15,17,19H,3,5,7,9,11-12H2,1-2H3. The molecule has 2 aliphatic heterocycles. The smallest absolute Gasteiger partial charge is 0.310 e. The fraction of sp³-hybridized carbons (Fsp3) is 0.550. The van der Waals surface area contributed by atoms with Gasteiger partial charge < -0.3 is 14.5 Å². The van der Waals surface area contributed by atoms with Crippen LogP contribution in [-0.2, 0) is 19.1 Å². The Morgan fingerprint density at radius 1 is 1.32 bits per heavy atom. The number of ether oxygens (including phenoxy) is 1. The maximum Gasteiger partial charge on any atom is 0.310 e. The molecule has 0 N–H and O–H groups in total. The molecule has 1 aromatic rings. The molecule has 0 aliphatic carbocycles. The zero-order valence-corrected chi connectivity index (χ0v) is 16.9. The molecule has 0 spiro atoms. The van der Waals surface area contributed by atoms with Gasteiger partial charge in [-0.15, -0.1) is 11.8 Å². The lowest BCUT2D eigenvalue weighted by atomic mass is 9.97. The Hall–Kier alpha value is -2.09. The molecule has 28 heavy (non-hydrogen) atoms. The molecule has 1 aromatic carbocycles. The van der Waals surface area contributed by atoms with Crippen LogP contribution in [0.3, 0.4) is 0 Å². The molecule has 3 atom stereocenters. The third-order valence-corrected chi connectivity index (χ3v) is 6.46. The van der Waals surface area contributed by atoms with E-state index in [1.165, 1.54) is 35.7 Å². The zero-order chi connectivity index (χ0) is 20.3. The second-order valence-corrected chi connectivity index (χ2v) is 8.17. The highest BCUT2D eigenvalue weighted by Crippen LogP contribution is 2.42. The number of halogens is 1. The number of hydrogen-bond acceptors (Lipinski definition) is 5. The minimum absolute atomic E-state index is 0.157. The molecule has 0 radical (unpaired) electrons. The summed E-state index contributed by atoms with van der Waals surface area (Å²) in [5.41, 5.74) is 0.665. The van der Waals surface area contributed by atoms with E-state index >= 15 is 0 Å². The molecule has 8 heteroatoms. The number of piperidine rings is 1. The summed E-state index contributed by atoms with van der Waals surface area (Å²) < 4.78 is 18.7. The number of benzene rings is 1.